The third kappa shape index (κ3) is 3.12. The van der Waals surface area contributed by atoms with Crippen LogP contribution in [0.2, 0.25) is 0 Å². The van der Waals surface area contributed by atoms with E-state index in [1.807, 2.05) is 23.9 Å². The van der Waals surface area contributed by atoms with Crippen LogP contribution in [0.25, 0.3) is 43.5 Å². The van der Waals surface area contributed by atoms with E-state index in [9.17, 15) is 9.59 Å². The van der Waals surface area contributed by atoms with Crippen LogP contribution in [0.5, 0.6) is 0 Å². The number of carbonyl (C=O) groups excluding carboxylic acids is 2. The van der Waals surface area contributed by atoms with Gasteiger partial charge in [0, 0.05) is 65.3 Å². The average molecular weight is 489 g/mol. The van der Waals surface area contributed by atoms with Crippen molar-refractivity contribution in [3.63, 3.8) is 0 Å². The van der Waals surface area contributed by atoms with Gasteiger partial charge < -0.3 is 14.3 Å². The van der Waals surface area contributed by atoms with Gasteiger partial charge in [-0.3, -0.25) is 19.8 Å². The number of hydrogen-bond donors (Lipinski definition) is 2. The molecule has 0 saturated carbocycles. The number of nitrogens with zero attached hydrogens (tertiary/aromatic N) is 2. The summed E-state index contributed by atoms with van der Waals surface area (Å²) in [5.41, 5.74) is 5.10. The number of para-hydroxylation sites is 1. The summed E-state index contributed by atoms with van der Waals surface area (Å²) < 4.78 is 7.51. The van der Waals surface area contributed by atoms with Crippen molar-refractivity contribution in [3.05, 3.63) is 59.3 Å². The molecule has 1 fully saturated rings. The second kappa shape index (κ2) is 8.09. The number of aromatic amines is 1. The second-order valence-electron chi connectivity index (χ2n) is 9.30. The molecule has 2 aliphatic rings. The Morgan fingerprint density at radius 2 is 1.66 bits per heavy atom. The number of hydrogen-bond acceptors (Lipinski definition) is 4. The molecule has 5 aromatic rings. The quantitative estimate of drug-likeness (QED) is 0.374. The van der Waals surface area contributed by atoms with E-state index in [4.69, 9.17) is 4.74 Å². The minimum Gasteiger partial charge on any atom is -0.379 e. The van der Waals surface area contributed by atoms with Crippen LogP contribution in [0.4, 0.5) is 0 Å². The zero-order valence-electron chi connectivity index (χ0n) is 19.3. The van der Waals surface area contributed by atoms with E-state index in [0.717, 1.165) is 82.8 Å². The van der Waals surface area contributed by atoms with E-state index in [2.05, 4.69) is 45.5 Å². The molecule has 0 unspecified atom stereocenters. The monoisotopic (exact) mass is 488 g/mol. The summed E-state index contributed by atoms with van der Waals surface area (Å²) in [5.74, 6) is -0.642. The lowest BCUT2D eigenvalue weighted by Gasteiger charge is -2.26. The number of H-pyrrole nitrogens is 1. The highest BCUT2D eigenvalue weighted by molar-refractivity contribution is 6.39. The fraction of sp³-hybridized carbons (Fsp3) is 0.259. The molecule has 4 heterocycles. The Morgan fingerprint density at radius 1 is 0.914 bits per heavy atom. The summed E-state index contributed by atoms with van der Waals surface area (Å²) in [6.45, 7) is 4.43. The van der Waals surface area contributed by atoms with Crippen molar-refractivity contribution < 1.29 is 14.3 Å². The van der Waals surface area contributed by atoms with Crippen LogP contribution in [0.1, 0.15) is 26.3 Å². The Morgan fingerprint density at radius 3 is 2.46 bits per heavy atom. The fourth-order valence-electron chi connectivity index (χ4n) is 5.83. The summed E-state index contributed by atoms with van der Waals surface area (Å²) in [7, 11) is 1.97. The number of carbonyl (C=O) groups is 2. The van der Waals surface area contributed by atoms with E-state index in [-0.39, 0.29) is 24.2 Å². The normalized spacial score (nSPS) is 16.4. The molecule has 0 radical (unpaired) electrons. The number of halogens is 1. The molecule has 2 N–H and O–H groups in total. The van der Waals surface area contributed by atoms with Crippen LogP contribution in [0.3, 0.4) is 0 Å². The molecule has 7 rings (SSSR count). The van der Waals surface area contributed by atoms with E-state index < -0.39 is 0 Å². The SMILES string of the molecule is Cl.Cn1ccc2ccc3c4[nH]c5c(CCN6CCOCC6)cccc5c4c4c(c3c21)C(=O)NC4=O. The minimum absolute atomic E-state index is 0. The van der Waals surface area contributed by atoms with E-state index in [1.54, 1.807) is 0 Å². The highest BCUT2D eigenvalue weighted by atomic mass is 35.5. The van der Waals surface area contributed by atoms with Gasteiger partial charge in [0.05, 0.1) is 35.4 Å². The Hall–Kier alpha value is -3.39. The number of ether oxygens (including phenoxy) is 1. The van der Waals surface area contributed by atoms with Crippen molar-refractivity contribution in [2.75, 3.05) is 32.8 Å². The Kier molecular flexibility index (Phi) is 5.11. The van der Waals surface area contributed by atoms with Gasteiger partial charge in [0.15, 0.2) is 0 Å². The number of nitrogens with one attached hydrogen (secondary N) is 2. The minimum atomic E-state index is -0.322. The molecule has 8 heteroatoms. The number of amides is 2. The van der Waals surface area contributed by atoms with E-state index >= 15 is 0 Å². The lowest BCUT2D eigenvalue weighted by atomic mass is 9.93. The van der Waals surface area contributed by atoms with Gasteiger partial charge in [-0.05, 0) is 18.1 Å². The summed E-state index contributed by atoms with van der Waals surface area (Å²) in [6.07, 6.45) is 2.89. The van der Waals surface area contributed by atoms with Gasteiger partial charge in [-0.25, -0.2) is 0 Å². The first-order chi connectivity index (χ1) is 16.6. The van der Waals surface area contributed by atoms with Gasteiger partial charge in [-0.1, -0.05) is 30.3 Å². The number of morpholine rings is 1. The smallest absolute Gasteiger partial charge is 0.259 e. The maximum absolute atomic E-state index is 13.1. The van der Waals surface area contributed by atoms with Gasteiger partial charge in [-0.15, -0.1) is 12.4 Å². The van der Waals surface area contributed by atoms with E-state index in [0.29, 0.717) is 11.1 Å². The first-order valence-corrected chi connectivity index (χ1v) is 11.7. The standard InChI is InChI=1S/C27H24N4O3.ClH/c1-30-9-7-16-5-6-18-20(25(16)30)22-21(26(32)29-27(22)33)19-17-4-2-3-15(23(17)28-24(18)19)8-10-31-11-13-34-14-12-31;/h2-7,9,28H,8,10-14H2,1H3,(H,29,32,33);1H. The summed E-state index contributed by atoms with van der Waals surface area (Å²) in [5, 5.41) is 7.23. The molecule has 2 amide bonds. The Balaban J connectivity index is 0.00000229. The molecule has 35 heavy (non-hydrogen) atoms. The van der Waals surface area contributed by atoms with Gasteiger partial charge >= 0.3 is 0 Å². The van der Waals surface area contributed by atoms with Crippen molar-refractivity contribution in [2.24, 2.45) is 7.05 Å². The first-order valence-electron chi connectivity index (χ1n) is 11.7. The van der Waals surface area contributed by atoms with Crippen LogP contribution in [0, 0.1) is 0 Å². The third-order valence-electron chi connectivity index (χ3n) is 7.46. The van der Waals surface area contributed by atoms with Crippen molar-refractivity contribution in [2.45, 2.75) is 6.42 Å². The number of aromatic nitrogens is 2. The molecule has 1 saturated heterocycles. The maximum Gasteiger partial charge on any atom is 0.259 e. The molecule has 178 valence electrons. The highest BCUT2D eigenvalue weighted by Gasteiger charge is 2.34. The van der Waals surface area contributed by atoms with Gasteiger partial charge in [-0.2, -0.15) is 0 Å². The largest absolute Gasteiger partial charge is 0.379 e. The van der Waals surface area contributed by atoms with Crippen LogP contribution in [-0.4, -0.2) is 59.1 Å². The molecule has 7 nitrogen and oxygen atoms in total. The summed E-state index contributed by atoms with van der Waals surface area (Å²) in [6, 6.07) is 12.4. The van der Waals surface area contributed by atoms with Crippen LogP contribution in [-0.2, 0) is 18.2 Å². The topological polar surface area (TPSA) is 79.4 Å². The molecule has 0 aliphatic carbocycles. The molecule has 2 aliphatic heterocycles. The van der Waals surface area contributed by atoms with Crippen molar-refractivity contribution in [3.8, 4) is 0 Å². The lowest BCUT2D eigenvalue weighted by Crippen LogP contribution is -2.37. The van der Waals surface area contributed by atoms with Gasteiger partial charge in [0.1, 0.15) is 0 Å². The molecular formula is C27H25ClN4O3. The van der Waals surface area contributed by atoms with Crippen LogP contribution >= 0.6 is 12.4 Å². The fourth-order valence-corrected chi connectivity index (χ4v) is 5.83. The third-order valence-corrected chi connectivity index (χ3v) is 7.46. The Bertz CT molecular complexity index is 1680. The van der Waals surface area contributed by atoms with Gasteiger partial charge in [0.25, 0.3) is 11.8 Å². The zero-order valence-corrected chi connectivity index (χ0v) is 20.1. The number of aryl methyl sites for hydroxylation is 1. The summed E-state index contributed by atoms with van der Waals surface area (Å²) >= 11 is 0. The second-order valence-corrected chi connectivity index (χ2v) is 9.30. The number of rotatable bonds is 3. The highest BCUT2D eigenvalue weighted by Crippen LogP contribution is 2.42. The summed E-state index contributed by atoms with van der Waals surface area (Å²) in [4.78, 5) is 32.2. The number of fused-ring (bicyclic) bond motifs is 10. The molecule has 3 aromatic carbocycles. The zero-order chi connectivity index (χ0) is 23.0. The molecule has 0 atom stereocenters. The number of benzene rings is 3. The molecular weight excluding hydrogens is 464 g/mol. The number of imide groups is 1. The van der Waals surface area contributed by atoms with E-state index in [1.165, 1.54) is 5.56 Å². The predicted octanol–water partition coefficient (Wildman–Crippen LogP) is 4.15. The van der Waals surface area contributed by atoms with Crippen LogP contribution < -0.4 is 5.32 Å². The molecule has 0 spiro atoms. The first kappa shape index (κ1) is 22.1. The molecule has 2 aromatic heterocycles. The van der Waals surface area contributed by atoms with Crippen molar-refractivity contribution >= 4 is 67.7 Å². The molecule has 0 bridgehead atoms. The maximum atomic E-state index is 13.1. The lowest BCUT2D eigenvalue weighted by molar-refractivity contribution is 0.0385. The Labute approximate surface area is 207 Å². The predicted molar refractivity (Wildman–Crippen MR) is 140 cm³/mol. The average Bonchev–Trinajstić information content (AvgIpc) is 3.51. The van der Waals surface area contributed by atoms with Crippen molar-refractivity contribution in [1.29, 1.82) is 0 Å². The van der Waals surface area contributed by atoms with Crippen molar-refractivity contribution in [1.82, 2.24) is 19.8 Å². The van der Waals surface area contributed by atoms with Gasteiger partial charge in [0.2, 0.25) is 0 Å². The van der Waals surface area contributed by atoms with Crippen LogP contribution in [0.15, 0.2) is 42.6 Å².